The normalized spacial score (nSPS) is 11.7. The van der Waals surface area contributed by atoms with Gasteiger partial charge in [0.25, 0.3) is 5.56 Å². The summed E-state index contributed by atoms with van der Waals surface area (Å²) in [4.78, 5) is 19.3. The highest BCUT2D eigenvalue weighted by Gasteiger charge is 2.16. The molecule has 0 aliphatic carbocycles. The van der Waals surface area contributed by atoms with Gasteiger partial charge in [0.1, 0.15) is 4.83 Å². The Morgan fingerprint density at radius 3 is 2.61 bits per heavy atom. The second kappa shape index (κ2) is 5.05. The van der Waals surface area contributed by atoms with Crippen LogP contribution in [0.3, 0.4) is 0 Å². The summed E-state index contributed by atoms with van der Waals surface area (Å²) in [6.07, 6.45) is 1.97. The number of fused-ring (bicyclic) bond motifs is 1. The largest absolute Gasteiger partial charge is 0.287 e. The zero-order chi connectivity index (χ0) is 13.4. The number of thioether (sulfide) groups is 1. The first-order valence-electron chi connectivity index (χ1n) is 6.00. The van der Waals surface area contributed by atoms with E-state index in [2.05, 4.69) is 18.8 Å². The molecule has 2 heterocycles. The van der Waals surface area contributed by atoms with Gasteiger partial charge in [-0.2, -0.15) is 0 Å². The Morgan fingerprint density at radius 1 is 1.39 bits per heavy atom. The molecule has 0 amide bonds. The number of rotatable bonds is 3. The van der Waals surface area contributed by atoms with Gasteiger partial charge in [0.15, 0.2) is 5.16 Å². The van der Waals surface area contributed by atoms with Crippen molar-refractivity contribution in [3.8, 4) is 0 Å². The second-order valence-corrected chi connectivity index (χ2v) is 6.85. The first-order chi connectivity index (χ1) is 8.45. The third-order valence-corrected chi connectivity index (χ3v) is 4.76. The number of hydrogen-bond acceptors (Lipinski definition) is 4. The van der Waals surface area contributed by atoms with Gasteiger partial charge in [-0.05, 0) is 31.6 Å². The van der Waals surface area contributed by atoms with Crippen molar-refractivity contribution in [3.05, 3.63) is 20.8 Å². The van der Waals surface area contributed by atoms with E-state index in [1.165, 1.54) is 4.88 Å². The lowest BCUT2D eigenvalue weighted by molar-refractivity contribution is 0.475. The van der Waals surface area contributed by atoms with Crippen LogP contribution in [0, 0.1) is 19.8 Å². The lowest BCUT2D eigenvalue weighted by atomic mass is 10.2. The highest BCUT2D eigenvalue weighted by atomic mass is 32.2. The average molecular weight is 282 g/mol. The van der Waals surface area contributed by atoms with Crippen molar-refractivity contribution in [2.45, 2.75) is 39.4 Å². The SMILES string of the molecule is CSc1nc2sc(C)c(C)c2c(=O)n1CC(C)C. The summed E-state index contributed by atoms with van der Waals surface area (Å²) < 4.78 is 1.82. The van der Waals surface area contributed by atoms with Crippen LogP contribution in [0.15, 0.2) is 9.95 Å². The molecule has 2 aromatic heterocycles. The summed E-state index contributed by atoms with van der Waals surface area (Å²) in [6.45, 7) is 9.02. The van der Waals surface area contributed by atoms with Gasteiger partial charge in [-0.25, -0.2) is 4.98 Å². The molecule has 0 spiro atoms. The van der Waals surface area contributed by atoms with Gasteiger partial charge >= 0.3 is 0 Å². The molecule has 0 bridgehead atoms. The van der Waals surface area contributed by atoms with Crippen LogP contribution in [0.2, 0.25) is 0 Å². The molecule has 0 aliphatic rings. The highest BCUT2D eigenvalue weighted by Crippen LogP contribution is 2.27. The molecule has 18 heavy (non-hydrogen) atoms. The first kappa shape index (κ1) is 13.6. The monoisotopic (exact) mass is 282 g/mol. The van der Waals surface area contributed by atoms with E-state index in [1.807, 2.05) is 24.7 Å². The Bertz CT molecular complexity index is 640. The van der Waals surface area contributed by atoms with Crippen LogP contribution in [-0.4, -0.2) is 15.8 Å². The van der Waals surface area contributed by atoms with Gasteiger partial charge in [-0.15, -0.1) is 11.3 Å². The molecule has 0 atom stereocenters. The van der Waals surface area contributed by atoms with E-state index >= 15 is 0 Å². The van der Waals surface area contributed by atoms with E-state index in [9.17, 15) is 4.79 Å². The summed E-state index contributed by atoms with van der Waals surface area (Å²) in [6, 6.07) is 0. The van der Waals surface area contributed by atoms with Crippen LogP contribution >= 0.6 is 23.1 Å². The third kappa shape index (κ3) is 2.21. The van der Waals surface area contributed by atoms with Crippen LogP contribution in [0.5, 0.6) is 0 Å². The van der Waals surface area contributed by atoms with Crippen molar-refractivity contribution in [2.24, 2.45) is 5.92 Å². The van der Waals surface area contributed by atoms with Gasteiger partial charge in [0.2, 0.25) is 0 Å². The molecule has 0 fully saturated rings. The van der Waals surface area contributed by atoms with Crippen LogP contribution in [0.1, 0.15) is 24.3 Å². The first-order valence-corrected chi connectivity index (χ1v) is 8.04. The molecule has 3 nitrogen and oxygen atoms in total. The summed E-state index contributed by atoms with van der Waals surface area (Å²) in [7, 11) is 0. The molecular weight excluding hydrogens is 264 g/mol. The molecular formula is C13H18N2OS2. The zero-order valence-electron chi connectivity index (χ0n) is 11.4. The summed E-state index contributed by atoms with van der Waals surface area (Å²) >= 11 is 3.15. The molecule has 0 saturated carbocycles. The Balaban J connectivity index is 2.79. The number of aromatic nitrogens is 2. The van der Waals surface area contributed by atoms with E-state index in [0.29, 0.717) is 5.92 Å². The Kier molecular flexibility index (Phi) is 3.82. The van der Waals surface area contributed by atoms with E-state index in [0.717, 1.165) is 27.5 Å². The molecule has 0 radical (unpaired) electrons. The average Bonchev–Trinajstić information content (AvgIpc) is 2.58. The summed E-state index contributed by atoms with van der Waals surface area (Å²) in [5.74, 6) is 0.438. The number of nitrogens with zero attached hydrogens (tertiary/aromatic N) is 2. The van der Waals surface area contributed by atoms with Crippen LogP contribution < -0.4 is 5.56 Å². The van der Waals surface area contributed by atoms with Gasteiger partial charge in [-0.3, -0.25) is 9.36 Å². The van der Waals surface area contributed by atoms with Crippen molar-refractivity contribution < 1.29 is 0 Å². The van der Waals surface area contributed by atoms with Crippen molar-refractivity contribution in [2.75, 3.05) is 6.26 Å². The van der Waals surface area contributed by atoms with Gasteiger partial charge in [-0.1, -0.05) is 25.6 Å². The number of hydrogen-bond donors (Lipinski definition) is 0. The summed E-state index contributed by atoms with van der Waals surface area (Å²) in [5, 5.41) is 1.62. The Labute approximate surface area is 115 Å². The van der Waals surface area contributed by atoms with Gasteiger partial charge < -0.3 is 0 Å². The van der Waals surface area contributed by atoms with E-state index in [4.69, 9.17) is 0 Å². The zero-order valence-corrected chi connectivity index (χ0v) is 13.0. The fourth-order valence-corrected chi connectivity index (χ4v) is 3.63. The quantitative estimate of drug-likeness (QED) is 0.639. The number of thiophene rings is 1. The standard InChI is InChI=1S/C13H18N2OS2/c1-7(2)6-15-12(16)10-8(3)9(4)18-11(10)14-13(15)17-5/h7H,6H2,1-5H3. The lowest BCUT2D eigenvalue weighted by Crippen LogP contribution is -2.25. The van der Waals surface area contributed by atoms with Crippen molar-refractivity contribution in [1.82, 2.24) is 9.55 Å². The number of aryl methyl sites for hydroxylation is 2. The fourth-order valence-electron chi connectivity index (χ4n) is 1.99. The smallest absolute Gasteiger partial charge is 0.263 e. The van der Waals surface area contributed by atoms with Crippen LogP contribution in [-0.2, 0) is 6.54 Å². The fraction of sp³-hybridized carbons (Fsp3) is 0.538. The minimum absolute atomic E-state index is 0.111. The van der Waals surface area contributed by atoms with Gasteiger partial charge in [0, 0.05) is 11.4 Å². The molecule has 0 unspecified atom stereocenters. The van der Waals surface area contributed by atoms with E-state index in [1.54, 1.807) is 23.1 Å². The molecule has 0 N–H and O–H groups in total. The minimum atomic E-state index is 0.111. The van der Waals surface area contributed by atoms with Crippen molar-refractivity contribution >= 4 is 33.3 Å². The van der Waals surface area contributed by atoms with E-state index < -0.39 is 0 Å². The lowest BCUT2D eigenvalue weighted by Gasteiger charge is -2.12. The Morgan fingerprint density at radius 2 is 2.06 bits per heavy atom. The van der Waals surface area contributed by atoms with Crippen LogP contribution in [0.4, 0.5) is 0 Å². The predicted octanol–water partition coefficient (Wildman–Crippen LogP) is 3.45. The second-order valence-electron chi connectivity index (χ2n) is 4.87. The summed E-state index contributed by atoms with van der Waals surface area (Å²) in [5.41, 5.74) is 1.19. The van der Waals surface area contributed by atoms with Crippen molar-refractivity contribution in [3.63, 3.8) is 0 Å². The topological polar surface area (TPSA) is 34.9 Å². The Hall–Kier alpha value is -0.810. The molecule has 0 saturated heterocycles. The molecule has 5 heteroatoms. The maximum atomic E-state index is 12.6. The highest BCUT2D eigenvalue weighted by molar-refractivity contribution is 7.98. The molecule has 2 aromatic rings. The third-order valence-electron chi connectivity index (χ3n) is 2.98. The van der Waals surface area contributed by atoms with Gasteiger partial charge in [0.05, 0.1) is 5.39 Å². The van der Waals surface area contributed by atoms with E-state index in [-0.39, 0.29) is 5.56 Å². The van der Waals surface area contributed by atoms with Crippen LogP contribution in [0.25, 0.3) is 10.2 Å². The molecule has 98 valence electrons. The van der Waals surface area contributed by atoms with Crippen molar-refractivity contribution in [1.29, 1.82) is 0 Å². The maximum Gasteiger partial charge on any atom is 0.263 e. The predicted molar refractivity (Wildman–Crippen MR) is 80.0 cm³/mol. The molecule has 2 rings (SSSR count). The maximum absolute atomic E-state index is 12.6. The minimum Gasteiger partial charge on any atom is -0.287 e. The molecule has 0 aromatic carbocycles. The molecule has 0 aliphatic heterocycles.